The predicted octanol–water partition coefficient (Wildman–Crippen LogP) is 2.55. The molecule has 2 nitrogen and oxygen atoms in total. The molecule has 0 aromatic carbocycles. The molecular weight excluding hydrogens is 194 g/mol. The molecule has 78 valence electrons. The van der Waals surface area contributed by atoms with Crippen molar-refractivity contribution in [2.45, 2.75) is 32.9 Å². The fourth-order valence-corrected chi connectivity index (χ4v) is 2.01. The lowest BCUT2D eigenvalue weighted by atomic mass is 10.1. The van der Waals surface area contributed by atoms with Crippen molar-refractivity contribution in [3.8, 4) is 0 Å². The molecule has 0 radical (unpaired) electrons. The van der Waals surface area contributed by atoms with Crippen molar-refractivity contribution < 1.29 is 4.79 Å². The monoisotopic (exact) mass is 211 g/mol. The number of nitrogens with zero attached hydrogens (tertiary/aromatic N) is 1. The van der Waals surface area contributed by atoms with E-state index in [9.17, 15) is 4.79 Å². The zero-order valence-corrected chi connectivity index (χ0v) is 9.80. The molecular formula is C11H17NOS. The molecule has 0 aliphatic rings. The number of Topliss-reactive ketones (excluding diaryl/α,β-unsaturated/α-hetero) is 1. The summed E-state index contributed by atoms with van der Waals surface area (Å²) < 4.78 is 0. The zero-order valence-electron chi connectivity index (χ0n) is 8.99. The van der Waals surface area contributed by atoms with Gasteiger partial charge in [0.2, 0.25) is 0 Å². The summed E-state index contributed by atoms with van der Waals surface area (Å²) >= 11 is 1.70. The van der Waals surface area contributed by atoms with Crippen molar-refractivity contribution in [3.63, 3.8) is 0 Å². The van der Waals surface area contributed by atoms with Crippen LogP contribution >= 0.6 is 11.3 Å². The van der Waals surface area contributed by atoms with Crippen molar-refractivity contribution in [2.75, 3.05) is 7.05 Å². The van der Waals surface area contributed by atoms with Gasteiger partial charge in [-0.2, -0.15) is 11.3 Å². The largest absolute Gasteiger partial charge is 0.298 e. The highest BCUT2D eigenvalue weighted by Crippen LogP contribution is 2.11. The van der Waals surface area contributed by atoms with E-state index >= 15 is 0 Å². The zero-order chi connectivity index (χ0) is 10.6. The molecule has 1 atom stereocenters. The van der Waals surface area contributed by atoms with Crippen molar-refractivity contribution in [2.24, 2.45) is 0 Å². The molecule has 3 heteroatoms. The maximum atomic E-state index is 11.4. The van der Waals surface area contributed by atoms with Crippen LogP contribution in [0.5, 0.6) is 0 Å². The fourth-order valence-electron chi connectivity index (χ4n) is 1.35. The molecule has 1 aromatic rings. The normalized spacial score (nSPS) is 13.1. The minimum Gasteiger partial charge on any atom is -0.298 e. The van der Waals surface area contributed by atoms with Gasteiger partial charge in [0.15, 0.2) is 0 Å². The van der Waals surface area contributed by atoms with Gasteiger partial charge in [-0.15, -0.1) is 0 Å². The van der Waals surface area contributed by atoms with Crippen LogP contribution in [0.15, 0.2) is 16.8 Å². The molecule has 0 N–H and O–H groups in total. The first-order chi connectivity index (χ1) is 6.65. The van der Waals surface area contributed by atoms with Crippen molar-refractivity contribution in [3.05, 3.63) is 22.4 Å². The van der Waals surface area contributed by atoms with E-state index in [2.05, 4.69) is 21.7 Å². The van der Waals surface area contributed by atoms with Crippen LogP contribution in [0, 0.1) is 0 Å². The third-order valence-electron chi connectivity index (χ3n) is 2.49. The van der Waals surface area contributed by atoms with Crippen LogP contribution in [0.25, 0.3) is 0 Å². The van der Waals surface area contributed by atoms with E-state index in [1.165, 1.54) is 5.56 Å². The first-order valence-corrected chi connectivity index (χ1v) is 5.83. The standard InChI is InChI=1S/C11H17NOS/c1-4-11(13)9(2)12(3)7-10-5-6-14-8-10/h5-6,8-9H,4,7H2,1-3H3. The van der Waals surface area contributed by atoms with Crippen LogP contribution < -0.4 is 0 Å². The summed E-state index contributed by atoms with van der Waals surface area (Å²) in [4.78, 5) is 13.5. The van der Waals surface area contributed by atoms with Gasteiger partial charge in [0, 0.05) is 13.0 Å². The SMILES string of the molecule is CCC(=O)C(C)N(C)Cc1ccsc1. The number of carbonyl (C=O) groups is 1. The van der Waals surface area contributed by atoms with Gasteiger partial charge in [0.25, 0.3) is 0 Å². The Labute approximate surface area is 89.5 Å². The minimum atomic E-state index is 0.0277. The van der Waals surface area contributed by atoms with E-state index in [0.717, 1.165) is 6.54 Å². The average molecular weight is 211 g/mol. The number of rotatable bonds is 5. The number of likely N-dealkylation sites (N-methyl/N-ethyl adjacent to an activating group) is 1. The van der Waals surface area contributed by atoms with Gasteiger partial charge < -0.3 is 0 Å². The Morgan fingerprint density at radius 3 is 2.86 bits per heavy atom. The lowest BCUT2D eigenvalue weighted by molar-refractivity contribution is -0.123. The second-order valence-electron chi connectivity index (χ2n) is 3.54. The van der Waals surface area contributed by atoms with E-state index < -0.39 is 0 Å². The summed E-state index contributed by atoms with van der Waals surface area (Å²) in [5.41, 5.74) is 1.29. The lowest BCUT2D eigenvalue weighted by Crippen LogP contribution is -2.34. The van der Waals surface area contributed by atoms with Crippen LogP contribution in [-0.4, -0.2) is 23.8 Å². The van der Waals surface area contributed by atoms with Gasteiger partial charge in [-0.25, -0.2) is 0 Å². The van der Waals surface area contributed by atoms with Crippen LogP contribution in [0.3, 0.4) is 0 Å². The predicted molar refractivity (Wildman–Crippen MR) is 60.5 cm³/mol. The van der Waals surface area contributed by atoms with Crippen LogP contribution in [0.2, 0.25) is 0 Å². The molecule has 0 saturated heterocycles. The molecule has 0 bridgehead atoms. The highest BCUT2D eigenvalue weighted by molar-refractivity contribution is 7.07. The van der Waals surface area contributed by atoms with Gasteiger partial charge in [0.1, 0.15) is 5.78 Å². The van der Waals surface area contributed by atoms with Gasteiger partial charge in [0.05, 0.1) is 6.04 Å². The Hall–Kier alpha value is -0.670. The number of hydrogen-bond acceptors (Lipinski definition) is 3. The molecule has 0 spiro atoms. The lowest BCUT2D eigenvalue weighted by Gasteiger charge is -2.22. The van der Waals surface area contributed by atoms with Crippen molar-refractivity contribution >= 4 is 17.1 Å². The summed E-state index contributed by atoms with van der Waals surface area (Å²) in [6.45, 7) is 4.74. The van der Waals surface area contributed by atoms with Gasteiger partial charge in [-0.3, -0.25) is 9.69 Å². The number of thiophene rings is 1. The molecule has 0 saturated carbocycles. The average Bonchev–Trinajstić information content (AvgIpc) is 2.68. The highest BCUT2D eigenvalue weighted by Gasteiger charge is 2.15. The Bertz CT molecular complexity index is 281. The van der Waals surface area contributed by atoms with E-state index in [1.807, 2.05) is 20.9 Å². The molecule has 0 amide bonds. The second-order valence-corrected chi connectivity index (χ2v) is 4.32. The number of ketones is 1. The summed E-state index contributed by atoms with van der Waals surface area (Å²) in [5, 5.41) is 4.19. The Kier molecular flexibility index (Phi) is 4.29. The minimum absolute atomic E-state index is 0.0277. The van der Waals surface area contributed by atoms with E-state index in [0.29, 0.717) is 12.2 Å². The number of carbonyl (C=O) groups excluding carboxylic acids is 1. The molecule has 0 fully saturated rings. The topological polar surface area (TPSA) is 20.3 Å². The molecule has 14 heavy (non-hydrogen) atoms. The molecule has 1 heterocycles. The van der Waals surface area contributed by atoms with Crippen molar-refractivity contribution in [1.29, 1.82) is 0 Å². The second kappa shape index (κ2) is 5.27. The Morgan fingerprint density at radius 2 is 2.36 bits per heavy atom. The summed E-state index contributed by atoms with van der Waals surface area (Å²) in [5.74, 6) is 0.308. The first-order valence-electron chi connectivity index (χ1n) is 4.89. The smallest absolute Gasteiger partial charge is 0.149 e. The fraction of sp³-hybridized carbons (Fsp3) is 0.545. The van der Waals surface area contributed by atoms with Crippen LogP contribution in [0.1, 0.15) is 25.8 Å². The van der Waals surface area contributed by atoms with E-state index in [-0.39, 0.29) is 6.04 Å². The first kappa shape index (κ1) is 11.4. The summed E-state index contributed by atoms with van der Waals surface area (Å²) in [6, 6.07) is 2.13. The maximum absolute atomic E-state index is 11.4. The third kappa shape index (κ3) is 2.93. The third-order valence-corrected chi connectivity index (χ3v) is 3.22. The molecule has 0 aliphatic carbocycles. The van der Waals surface area contributed by atoms with E-state index in [1.54, 1.807) is 11.3 Å². The summed E-state index contributed by atoms with van der Waals surface area (Å²) in [7, 11) is 2.00. The van der Waals surface area contributed by atoms with E-state index in [4.69, 9.17) is 0 Å². The molecule has 1 unspecified atom stereocenters. The van der Waals surface area contributed by atoms with Crippen LogP contribution in [-0.2, 0) is 11.3 Å². The van der Waals surface area contributed by atoms with Gasteiger partial charge in [-0.05, 0) is 36.4 Å². The number of hydrogen-bond donors (Lipinski definition) is 0. The quantitative estimate of drug-likeness (QED) is 0.746. The van der Waals surface area contributed by atoms with Crippen molar-refractivity contribution in [1.82, 2.24) is 4.90 Å². The van der Waals surface area contributed by atoms with Gasteiger partial charge >= 0.3 is 0 Å². The summed E-state index contributed by atoms with van der Waals surface area (Å²) in [6.07, 6.45) is 0.620. The van der Waals surface area contributed by atoms with Gasteiger partial charge in [-0.1, -0.05) is 6.92 Å². The molecule has 0 aliphatic heterocycles. The maximum Gasteiger partial charge on any atom is 0.149 e. The van der Waals surface area contributed by atoms with Crippen LogP contribution in [0.4, 0.5) is 0 Å². The Morgan fingerprint density at radius 1 is 1.64 bits per heavy atom. The Balaban J connectivity index is 2.49. The molecule has 1 aromatic heterocycles. The highest BCUT2D eigenvalue weighted by atomic mass is 32.1. The molecule has 1 rings (SSSR count).